The second-order valence-electron chi connectivity index (χ2n) is 6.41. The Labute approximate surface area is 158 Å². The Morgan fingerprint density at radius 1 is 1.19 bits per heavy atom. The second-order valence-corrected chi connectivity index (χ2v) is 6.41. The molecule has 1 aliphatic heterocycles. The number of pyridine rings is 1. The van der Waals surface area contributed by atoms with Crippen LogP contribution in [0.15, 0.2) is 67.0 Å². The zero-order valence-electron chi connectivity index (χ0n) is 15.0. The van der Waals surface area contributed by atoms with E-state index in [4.69, 9.17) is 9.47 Å². The topological polar surface area (TPSA) is 60.5 Å². The van der Waals surface area contributed by atoms with Gasteiger partial charge >= 0.3 is 5.97 Å². The summed E-state index contributed by atoms with van der Waals surface area (Å²) < 4.78 is 10.9. The van der Waals surface area contributed by atoms with E-state index in [1.165, 1.54) is 7.11 Å². The number of benzene rings is 2. The van der Waals surface area contributed by atoms with E-state index >= 15 is 0 Å². The summed E-state index contributed by atoms with van der Waals surface area (Å²) >= 11 is 0. The summed E-state index contributed by atoms with van der Waals surface area (Å²) in [5.74, 6) is 0.406. The van der Waals surface area contributed by atoms with E-state index in [2.05, 4.69) is 22.4 Å². The summed E-state index contributed by atoms with van der Waals surface area (Å²) in [5.41, 5.74) is 4.78. The highest BCUT2D eigenvalue weighted by atomic mass is 16.5. The summed E-state index contributed by atoms with van der Waals surface area (Å²) in [7, 11) is 1.39. The maximum Gasteiger partial charge on any atom is 0.337 e. The lowest BCUT2D eigenvalue weighted by molar-refractivity contribution is 0.0600. The number of carbonyl (C=O) groups excluding carboxylic acids is 1. The highest BCUT2D eigenvalue weighted by Gasteiger charge is 2.25. The molecule has 1 unspecified atom stereocenters. The van der Waals surface area contributed by atoms with Crippen molar-refractivity contribution in [3.8, 4) is 5.75 Å². The summed E-state index contributed by atoms with van der Waals surface area (Å²) in [6.07, 6.45) is 3.61. The summed E-state index contributed by atoms with van der Waals surface area (Å²) in [6, 6.07) is 17.5. The molecule has 1 atom stereocenters. The number of aromatic nitrogens is 1. The van der Waals surface area contributed by atoms with Crippen LogP contribution in [-0.4, -0.2) is 18.1 Å². The van der Waals surface area contributed by atoms with E-state index in [9.17, 15) is 4.79 Å². The molecule has 0 aliphatic carbocycles. The van der Waals surface area contributed by atoms with Crippen molar-refractivity contribution < 1.29 is 14.3 Å². The molecule has 1 aliphatic rings. The Balaban J connectivity index is 1.76. The molecule has 0 saturated heterocycles. The number of methoxy groups -OCH3 is 1. The first-order chi connectivity index (χ1) is 13.3. The molecule has 2 aromatic carbocycles. The largest absolute Gasteiger partial charge is 0.489 e. The van der Waals surface area contributed by atoms with Crippen LogP contribution >= 0.6 is 0 Å². The van der Waals surface area contributed by atoms with Crippen molar-refractivity contribution in [3.05, 3.63) is 94.8 Å². The number of nitrogens with zero attached hydrogens (tertiary/aromatic N) is 1. The van der Waals surface area contributed by atoms with Gasteiger partial charge in [-0.05, 0) is 41.0 Å². The molecular formula is C22H20N2O3. The number of fused-ring (bicyclic) bond motifs is 2. The number of esters is 1. The van der Waals surface area contributed by atoms with Gasteiger partial charge in [0.05, 0.1) is 18.7 Å². The quantitative estimate of drug-likeness (QED) is 0.720. The predicted molar refractivity (Wildman–Crippen MR) is 101 cm³/mol. The van der Waals surface area contributed by atoms with Crippen LogP contribution in [0.5, 0.6) is 5.75 Å². The minimum absolute atomic E-state index is 0.108. The summed E-state index contributed by atoms with van der Waals surface area (Å²) in [6.45, 7) is 1.14. The number of nitrogens with one attached hydrogen (secondary N) is 1. The van der Waals surface area contributed by atoms with E-state index in [0.717, 1.165) is 28.0 Å². The Bertz CT molecular complexity index is 957. The number of ether oxygens (including phenoxy) is 2. The first-order valence-corrected chi connectivity index (χ1v) is 8.81. The Morgan fingerprint density at radius 3 is 2.89 bits per heavy atom. The highest BCUT2D eigenvalue weighted by Crippen LogP contribution is 2.36. The molecule has 136 valence electrons. The third-order valence-electron chi connectivity index (χ3n) is 4.72. The fraction of sp³-hybridized carbons (Fsp3) is 0.182. The lowest BCUT2D eigenvalue weighted by atomic mass is 9.93. The van der Waals surface area contributed by atoms with Crippen LogP contribution in [0.25, 0.3) is 0 Å². The van der Waals surface area contributed by atoms with Gasteiger partial charge in [0.25, 0.3) is 0 Å². The number of hydrogen-bond donors (Lipinski definition) is 1. The van der Waals surface area contributed by atoms with Crippen molar-refractivity contribution >= 4 is 5.97 Å². The van der Waals surface area contributed by atoms with Crippen molar-refractivity contribution in [2.45, 2.75) is 19.2 Å². The Kier molecular flexibility index (Phi) is 4.85. The molecule has 0 bridgehead atoms. The van der Waals surface area contributed by atoms with Gasteiger partial charge in [0.1, 0.15) is 12.4 Å². The number of carbonyl (C=O) groups is 1. The monoisotopic (exact) mass is 360 g/mol. The molecule has 0 spiro atoms. The van der Waals surface area contributed by atoms with Gasteiger partial charge in [-0.15, -0.1) is 0 Å². The molecule has 1 N–H and O–H groups in total. The standard InChI is InChI=1S/C22H20N2O3/c1-26-22(25)16-8-9-20-19(11-16)21(24-13-15-5-4-10-23-12-15)18-7-3-2-6-17(18)14-27-20/h2-12,21,24H,13-14H2,1H3. The van der Waals surface area contributed by atoms with Crippen LogP contribution in [0.3, 0.4) is 0 Å². The summed E-state index contributed by atoms with van der Waals surface area (Å²) in [5, 5.41) is 3.60. The molecule has 0 amide bonds. The smallest absolute Gasteiger partial charge is 0.337 e. The SMILES string of the molecule is COC(=O)c1ccc2c(c1)C(NCc1cccnc1)c1ccccc1CO2. The van der Waals surface area contributed by atoms with Crippen LogP contribution in [0.4, 0.5) is 0 Å². The first kappa shape index (κ1) is 17.2. The van der Waals surface area contributed by atoms with Gasteiger partial charge < -0.3 is 14.8 Å². The highest BCUT2D eigenvalue weighted by molar-refractivity contribution is 5.89. The van der Waals surface area contributed by atoms with Crippen molar-refractivity contribution in [2.24, 2.45) is 0 Å². The zero-order valence-corrected chi connectivity index (χ0v) is 15.0. The Hall–Kier alpha value is -3.18. The van der Waals surface area contributed by atoms with Crippen molar-refractivity contribution in [1.82, 2.24) is 10.3 Å². The fourth-order valence-corrected chi connectivity index (χ4v) is 3.36. The third-order valence-corrected chi connectivity index (χ3v) is 4.72. The molecule has 27 heavy (non-hydrogen) atoms. The number of hydrogen-bond acceptors (Lipinski definition) is 5. The molecule has 0 fully saturated rings. The molecule has 3 aromatic rings. The first-order valence-electron chi connectivity index (χ1n) is 8.81. The maximum absolute atomic E-state index is 12.0. The summed E-state index contributed by atoms with van der Waals surface area (Å²) in [4.78, 5) is 16.2. The lowest BCUT2D eigenvalue weighted by Gasteiger charge is -2.21. The van der Waals surface area contributed by atoms with Gasteiger partial charge in [-0.1, -0.05) is 30.3 Å². The van der Waals surface area contributed by atoms with Crippen LogP contribution < -0.4 is 10.1 Å². The molecule has 5 heteroatoms. The van der Waals surface area contributed by atoms with Gasteiger partial charge in [0, 0.05) is 24.5 Å². The average molecular weight is 360 g/mol. The van der Waals surface area contributed by atoms with Gasteiger partial charge in [0.15, 0.2) is 0 Å². The Morgan fingerprint density at radius 2 is 2.07 bits per heavy atom. The second kappa shape index (κ2) is 7.60. The van der Waals surface area contributed by atoms with E-state index in [0.29, 0.717) is 18.7 Å². The van der Waals surface area contributed by atoms with E-state index in [-0.39, 0.29) is 12.0 Å². The van der Waals surface area contributed by atoms with Crippen molar-refractivity contribution in [3.63, 3.8) is 0 Å². The van der Waals surface area contributed by atoms with E-state index < -0.39 is 0 Å². The molecule has 0 radical (unpaired) electrons. The zero-order chi connectivity index (χ0) is 18.6. The maximum atomic E-state index is 12.0. The van der Waals surface area contributed by atoms with Crippen molar-refractivity contribution in [1.29, 1.82) is 0 Å². The van der Waals surface area contributed by atoms with Crippen LogP contribution in [-0.2, 0) is 17.9 Å². The molecule has 1 aromatic heterocycles. The number of rotatable bonds is 4. The lowest BCUT2D eigenvalue weighted by Crippen LogP contribution is -2.23. The normalized spacial score (nSPS) is 15.1. The van der Waals surface area contributed by atoms with Crippen molar-refractivity contribution in [2.75, 3.05) is 7.11 Å². The molecular weight excluding hydrogens is 340 g/mol. The van der Waals surface area contributed by atoms with Crippen LogP contribution in [0.1, 0.15) is 38.7 Å². The van der Waals surface area contributed by atoms with Gasteiger partial charge in [-0.3, -0.25) is 4.98 Å². The van der Waals surface area contributed by atoms with Crippen LogP contribution in [0.2, 0.25) is 0 Å². The molecule has 5 nitrogen and oxygen atoms in total. The minimum atomic E-state index is -0.360. The molecule has 4 rings (SSSR count). The minimum Gasteiger partial charge on any atom is -0.489 e. The van der Waals surface area contributed by atoms with Gasteiger partial charge in [-0.2, -0.15) is 0 Å². The van der Waals surface area contributed by atoms with E-state index in [1.807, 2.05) is 42.6 Å². The molecule has 2 heterocycles. The predicted octanol–water partition coefficient (Wildman–Crippen LogP) is 3.64. The fourth-order valence-electron chi connectivity index (χ4n) is 3.36. The van der Waals surface area contributed by atoms with Gasteiger partial charge in [-0.25, -0.2) is 4.79 Å². The average Bonchev–Trinajstić information content (AvgIpc) is 2.88. The van der Waals surface area contributed by atoms with Crippen LogP contribution in [0, 0.1) is 0 Å². The van der Waals surface area contributed by atoms with Gasteiger partial charge in [0.2, 0.25) is 0 Å². The van der Waals surface area contributed by atoms with E-state index in [1.54, 1.807) is 12.3 Å². The third kappa shape index (κ3) is 3.55. The molecule has 0 saturated carbocycles.